The van der Waals surface area contributed by atoms with Gasteiger partial charge in [0.15, 0.2) is 0 Å². The number of hydrogen-bond acceptors (Lipinski definition) is 3. The zero-order valence-electron chi connectivity index (χ0n) is 14.1. The van der Waals surface area contributed by atoms with Crippen LogP contribution in [0.4, 0.5) is 4.79 Å². The fourth-order valence-electron chi connectivity index (χ4n) is 1.94. The highest BCUT2D eigenvalue weighted by molar-refractivity contribution is 5.67. The van der Waals surface area contributed by atoms with Crippen LogP contribution in [-0.2, 0) is 4.74 Å². The Morgan fingerprint density at radius 2 is 2.05 bits per heavy atom. The molecule has 1 amide bonds. The van der Waals surface area contributed by atoms with Crippen LogP contribution >= 0.6 is 0 Å². The van der Waals surface area contributed by atoms with E-state index in [4.69, 9.17) is 4.74 Å². The summed E-state index contributed by atoms with van der Waals surface area (Å²) < 4.78 is 5.32. The molecule has 1 aromatic carbocycles. The number of nitrogens with zero attached hydrogens (tertiary/aromatic N) is 1. The first-order valence-corrected chi connectivity index (χ1v) is 7.43. The molecule has 0 aromatic heterocycles. The molecule has 1 unspecified atom stereocenters. The maximum atomic E-state index is 11.8. The van der Waals surface area contributed by atoms with Gasteiger partial charge in [-0.15, -0.1) is 0 Å². The molecule has 0 radical (unpaired) electrons. The van der Waals surface area contributed by atoms with Crippen LogP contribution in [-0.4, -0.2) is 36.7 Å². The van der Waals surface area contributed by atoms with E-state index in [2.05, 4.69) is 43.4 Å². The topological polar surface area (TPSA) is 41.6 Å². The molecule has 4 nitrogen and oxygen atoms in total. The van der Waals surface area contributed by atoms with Crippen molar-refractivity contribution < 1.29 is 9.53 Å². The lowest BCUT2D eigenvalue weighted by Gasteiger charge is -2.25. The number of likely N-dealkylation sites (N-methyl/N-ethyl adjacent to an activating group) is 1. The zero-order chi connectivity index (χ0) is 16.0. The summed E-state index contributed by atoms with van der Waals surface area (Å²) in [6.07, 6.45) is -0.285. The maximum Gasteiger partial charge on any atom is 0.410 e. The Bertz CT molecular complexity index is 466. The van der Waals surface area contributed by atoms with Crippen LogP contribution in [0, 0.1) is 6.92 Å². The van der Waals surface area contributed by atoms with Gasteiger partial charge in [-0.2, -0.15) is 0 Å². The Morgan fingerprint density at radius 3 is 2.62 bits per heavy atom. The number of hydrogen-bond donors (Lipinski definition) is 1. The molecule has 1 rings (SSSR count). The van der Waals surface area contributed by atoms with Crippen LogP contribution in [0.2, 0.25) is 0 Å². The number of carbonyl (C=O) groups is 1. The molecular weight excluding hydrogens is 264 g/mol. The number of rotatable bonds is 5. The van der Waals surface area contributed by atoms with E-state index in [0.29, 0.717) is 6.54 Å². The monoisotopic (exact) mass is 292 g/mol. The Hall–Kier alpha value is -1.55. The molecule has 0 heterocycles. The highest BCUT2D eigenvalue weighted by atomic mass is 16.6. The van der Waals surface area contributed by atoms with Gasteiger partial charge in [0, 0.05) is 26.2 Å². The first-order valence-electron chi connectivity index (χ1n) is 7.43. The number of ether oxygens (including phenoxy) is 1. The molecular formula is C17H28N2O2. The van der Waals surface area contributed by atoms with Gasteiger partial charge in [-0.05, 0) is 40.2 Å². The first kappa shape index (κ1) is 17.5. The molecule has 118 valence electrons. The van der Waals surface area contributed by atoms with Crippen molar-refractivity contribution in [1.29, 1.82) is 0 Å². The molecule has 21 heavy (non-hydrogen) atoms. The smallest absolute Gasteiger partial charge is 0.410 e. The number of carbonyl (C=O) groups excluding carboxylic acids is 1. The molecule has 0 bridgehead atoms. The Kier molecular flexibility index (Phi) is 6.21. The second kappa shape index (κ2) is 7.46. The van der Waals surface area contributed by atoms with E-state index < -0.39 is 5.60 Å². The molecule has 0 saturated carbocycles. The van der Waals surface area contributed by atoms with Crippen LogP contribution in [0.15, 0.2) is 24.3 Å². The molecule has 0 aliphatic carbocycles. The first-order chi connectivity index (χ1) is 9.69. The van der Waals surface area contributed by atoms with E-state index >= 15 is 0 Å². The van der Waals surface area contributed by atoms with E-state index in [0.717, 1.165) is 6.54 Å². The highest BCUT2D eigenvalue weighted by Crippen LogP contribution is 2.13. The summed E-state index contributed by atoms with van der Waals surface area (Å²) in [4.78, 5) is 13.4. The van der Waals surface area contributed by atoms with Crippen molar-refractivity contribution in [2.75, 3.05) is 20.1 Å². The summed E-state index contributed by atoms with van der Waals surface area (Å²) in [6.45, 7) is 11.2. The molecule has 0 spiro atoms. The SMILES string of the molecule is Cc1cccc(C(C)NCCN(C)C(=O)OC(C)(C)C)c1. The van der Waals surface area contributed by atoms with Crippen molar-refractivity contribution in [2.24, 2.45) is 0 Å². The van der Waals surface area contributed by atoms with Crippen LogP contribution in [0.5, 0.6) is 0 Å². The second-order valence-corrected chi connectivity index (χ2v) is 6.49. The Morgan fingerprint density at radius 1 is 1.38 bits per heavy atom. The molecule has 0 aliphatic rings. The van der Waals surface area contributed by atoms with Crippen molar-refractivity contribution in [2.45, 2.75) is 46.3 Å². The summed E-state index contributed by atoms with van der Waals surface area (Å²) in [6, 6.07) is 8.71. The van der Waals surface area contributed by atoms with Gasteiger partial charge < -0.3 is 15.0 Å². The van der Waals surface area contributed by atoms with Gasteiger partial charge in [0.1, 0.15) is 5.60 Å². The minimum absolute atomic E-state index is 0.261. The van der Waals surface area contributed by atoms with E-state index in [1.807, 2.05) is 20.8 Å². The summed E-state index contributed by atoms with van der Waals surface area (Å²) >= 11 is 0. The van der Waals surface area contributed by atoms with Crippen LogP contribution in [0.3, 0.4) is 0 Å². The van der Waals surface area contributed by atoms with Gasteiger partial charge in [-0.3, -0.25) is 0 Å². The number of amides is 1. The zero-order valence-corrected chi connectivity index (χ0v) is 14.1. The third-order valence-corrected chi connectivity index (χ3v) is 3.15. The van der Waals surface area contributed by atoms with Crippen LogP contribution in [0.25, 0.3) is 0 Å². The lowest BCUT2D eigenvalue weighted by atomic mass is 10.1. The molecule has 0 fully saturated rings. The van der Waals surface area contributed by atoms with E-state index in [-0.39, 0.29) is 12.1 Å². The van der Waals surface area contributed by atoms with Gasteiger partial charge in [-0.1, -0.05) is 29.8 Å². The lowest BCUT2D eigenvalue weighted by Crippen LogP contribution is -2.38. The van der Waals surface area contributed by atoms with Crippen LogP contribution in [0.1, 0.15) is 44.9 Å². The number of benzene rings is 1. The fourth-order valence-corrected chi connectivity index (χ4v) is 1.94. The minimum atomic E-state index is -0.451. The molecule has 4 heteroatoms. The van der Waals surface area contributed by atoms with Crippen molar-refractivity contribution >= 4 is 6.09 Å². The molecule has 0 saturated heterocycles. The second-order valence-electron chi connectivity index (χ2n) is 6.49. The van der Waals surface area contributed by atoms with Gasteiger partial charge in [0.2, 0.25) is 0 Å². The largest absolute Gasteiger partial charge is 0.444 e. The maximum absolute atomic E-state index is 11.8. The third kappa shape index (κ3) is 6.63. The summed E-state index contributed by atoms with van der Waals surface area (Å²) in [7, 11) is 1.76. The normalized spacial score (nSPS) is 12.9. The summed E-state index contributed by atoms with van der Waals surface area (Å²) in [5.74, 6) is 0. The molecule has 1 aromatic rings. The Balaban J connectivity index is 2.37. The van der Waals surface area contributed by atoms with E-state index in [9.17, 15) is 4.79 Å². The predicted octanol–water partition coefficient (Wildman–Crippen LogP) is 3.51. The Labute approximate surface area is 128 Å². The predicted molar refractivity (Wildman–Crippen MR) is 86.5 cm³/mol. The number of aryl methyl sites for hydroxylation is 1. The van der Waals surface area contributed by atoms with Crippen molar-refractivity contribution in [3.8, 4) is 0 Å². The lowest BCUT2D eigenvalue weighted by molar-refractivity contribution is 0.0299. The van der Waals surface area contributed by atoms with Crippen molar-refractivity contribution in [3.63, 3.8) is 0 Å². The van der Waals surface area contributed by atoms with E-state index in [1.54, 1.807) is 11.9 Å². The van der Waals surface area contributed by atoms with E-state index in [1.165, 1.54) is 11.1 Å². The summed E-state index contributed by atoms with van der Waals surface area (Å²) in [5.41, 5.74) is 2.06. The average molecular weight is 292 g/mol. The molecule has 0 aliphatic heterocycles. The van der Waals surface area contributed by atoms with Gasteiger partial charge in [0.25, 0.3) is 0 Å². The molecule has 1 atom stereocenters. The highest BCUT2D eigenvalue weighted by Gasteiger charge is 2.19. The minimum Gasteiger partial charge on any atom is -0.444 e. The molecule has 1 N–H and O–H groups in total. The van der Waals surface area contributed by atoms with Gasteiger partial charge in [0.05, 0.1) is 0 Å². The van der Waals surface area contributed by atoms with Crippen molar-refractivity contribution in [3.05, 3.63) is 35.4 Å². The van der Waals surface area contributed by atoms with Gasteiger partial charge in [-0.25, -0.2) is 4.79 Å². The quantitative estimate of drug-likeness (QED) is 0.903. The van der Waals surface area contributed by atoms with Gasteiger partial charge >= 0.3 is 6.09 Å². The van der Waals surface area contributed by atoms with Crippen molar-refractivity contribution in [1.82, 2.24) is 10.2 Å². The fraction of sp³-hybridized carbons (Fsp3) is 0.588. The summed E-state index contributed by atoms with van der Waals surface area (Å²) in [5, 5.41) is 3.43. The number of nitrogens with one attached hydrogen (secondary N) is 1. The standard InChI is InChI=1S/C17H28N2O2/c1-13-8-7-9-15(12-13)14(2)18-10-11-19(6)16(20)21-17(3,4)5/h7-9,12,14,18H,10-11H2,1-6H3. The third-order valence-electron chi connectivity index (χ3n) is 3.15. The van der Waals surface area contributed by atoms with Crippen LogP contribution < -0.4 is 5.32 Å². The average Bonchev–Trinajstić information content (AvgIpc) is 2.36.